The Hall–Kier alpha value is -2.58. The summed E-state index contributed by atoms with van der Waals surface area (Å²) in [5, 5.41) is 9.40. The topological polar surface area (TPSA) is 37.3 Å². The summed E-state index contributed by atoms with van der Waals surface area (Å²) in [7, 11) is 0. The highest BCUT2D eigenvalue weighted by Crippen LogP contribution is 2.38. The van der Waals surface area contributed by atoms with Gasteiger partial charge in [-0.1, -0.05) is 0 Å². The molecule has 9 heteroatoms. The number of phenols is 1. The Morgan fingerprint density at radius 1 is 0.870 bits per heavy atom. The smallest absolute Gasteiger partial charge is 0.417 e. The Kier molecular flexibility index (Phi) is 4.06. The molecular formula is C14H5F7O2. The fraction of sp³-hybridized carbons (Fsp3) is 0.0714. The summed E-state index contributed by atoms with van der Waals surface area (Å²) < 4.78 is 91.4. The first kappa shape index (κ1) is 16.8. The second kappa shape index (κ2) is 5.56. The molecule has 0 atom stereocenters. The zero-order valence-corrected chi connectivity index (χ0v) is 10.8. The minimum absolute atomic E-state index is 0.167. The van der Waals surface area contributed by atoms with Crippen molar-refractivity contribution < 1.29 is 40.6 Å². The summed E-state index contributed by atoms with van der Waals surface area (Å²) in [6.07, 6.45) is -5.18. The second-order valence-electron chi connectivity index (χ2n) is 4.37. The molecule has 0 fully saturated rings. The van der Waals surface area contributed by atoms with Crippen LogP contribution >= 0.6 is 0 Å². The molecule has 2 aromatic carbocycles. The number of benzene rings is 2. The molecule has 0 heterocycles. The first-order valence-electron chi connectivity index (χ1n) is 5.82. The van der Waals surface area contributed by atoms with E-state index in [4.69, 9.17) is 0 Å². The summed E-state index contributed by atoms with van der Waals surface area (Å²) in [5.74, 6) is -10.9. The predicted molar refractivity (Wildman–Crippen MR) is 62.8 cm³/mol. The molecule has 0 radical (unpaired) electrons. The number of hydrogen-bond donors (Lipinski definition) is 1. The van der Waals surface area contributed by atoms with Crippen molar-refractivity contribution in [3.05, 3.63) is 64.2 Å². The van der Waals surface area contributed by atoms with Gasteiger partial charge in [0.05, 0.1) is 16.7 Å². The fourth-order valence-electron chi connectivity index (χ4n) is 1.87. The highest BCUT2D eigenvalue weighted by atomic mass is 19.4. The van der Waals surface area contributed by atoms with Crippen LogP contribution in [0.4, 0.5) is 30.7 Å². The van der Waals surface area contributed by atoms with E-state index >= 15 is 0 Å². The van der Waals surface area contributed by atoms with Gasteiger partial charge in [0, 0.05) is 0 Å². The summed E-state index contributed by atoms with van der Waals surface area (Å²) >= 11 is 0. The molecular weight excluding hydrogens is 333 g/mol. The number of hydrogen-bond acceptors (Lipinski definition) is 2. The third-order valence-corrected chi connectivity index (χ3v) is 2.94. The zero-order chi connectivity index (χ0) is 17.5. The van der Waals surface area contributed by atoms with Crippen molar-refractivity contribution in [2.75, 3.05) is 0 Å². The first-order chi connectivity index (χ1) is 10.6. The number of aromatic hydroxyl groups is 1. The molecule has 0 unspecified atom stereocenters. The van der Waals surface area contributed by atoms with Crippen LogP contribution in [-0.2, 0) is 6.18 Å². The van der Waals surface area contributed by atoms with Gasteiger partial charge in [0.2, 0.25) is 5.78 Å². The number of carbonyl (C=O) groups is 1. The molecule has 0 aliphatic rings. The van der Waals surface area contributed by atoms with Gasteiger partial charge in [-0.15, -0.1) is 0 Å². The van der Waals surface area contributed by atoms with Crippen molar-refractivity contribution in [3.63, 3.8) is 0 Å². The largest absolute Gasteiger partial charge is 0.504 e. The Bertz CT molecular complexity index is 797. The zero-order valence-electron chi connectivity index (χ0n) is 10.8. The maximum atomic E-state index is 13.6. The molecule has 0 bridgehead atoms. The van der Waals surface area contributed by atoms with E-state index in [0.717, 1.165) is 0 Å². The molecule has 0 aliphatic heterocycles. The molecule has 0 spiro atoms. The van der Waals surface area contributed by atoms with Gasteiger partial charge in [-0.25, -0.2) is 17.6 Å². The summed E-state index contributed by atoms with van der Waals surface area (Å²) in [4.78, 5) is 12.0. The summed E-state index contributed by atoms with van der Waals surface area (Å²) in [6, 6.07) is 1.13. The Morgan fingerprint density at radius 3 is 2.00 bits per heavy atom. The normalized spacial score (nSPS) is 11.6. The molecule has 1 N–H and O–H groups in total. The minimum Gasteiger partial charge on any atom is -0.504 e. The van der Waals surface area contributed by atoms with E-state index in [2.05, 4.69) is 0 Å². The lowest BCUT2D eigenvalue weighted by Crippen LogP contribution is -2.16. The van der Waals surface area contributed by atoms with Crippen molar-refractivity contribution >= 4 is 5.78 Å². The standard InChI is InChI=1S/C14H5F7O2/c15-7-3-1-5(10(17)11(7)18)12(22)9-6(14(19,20)21)2-4-8(16)13(9)23/h1-4,23H. The number of halogens is 7. The molecule has 2 nitrogen and oxygen atoms in total. The Labute approximate surface area is 123 Å². The van der Waals surface area contributed by atoms with Gasteiger partial charge in [-0.2, -0.15) is 13.2 Å². The average molecular weight is 338 g/mol. The molecule has 0 amide bonds. The lowest BCUT2D eigenvalue weighted by atomic mass is 9.96. The van der Waals surface area contributed by atoms with Crippen LogP contribution in [0, 0.1) is 23.3 Å². The lowest BCUT2D eigenvalue weighted by Gasteiger charge is -2.14. The van der Waals surface area contributed by atoms with E-state index in [1.54, 1.807) is 0 Å². The van der Waals surface area contributed by atoms with E-state index in [9.17, 15) is 40.6 Å². The third kappa shape index (κ3) is 2.86. The minimum atomic E-state index is -5.18. The highest BCUT2D eigenvalue weighted by molar-refractivity contribution is 6.12. The van der Waals surface area contributed by atoms with E-state index < -0.39 is 57.7 Å². The van der Waals surface area contributed by atoms with Crippen LogP contribution in [0.3, 0.4) is 0 Å². The van der Waals surface area contributed by atoms with E-state index in [0.29, 0.717) is 12.1 Å². The molecule has 0 saturated heterocycles. The first-order valence-corrected chi connectivity index (χ1v) is 5.82. The monoisotopic (exact) mass is 338 g/mol. The number of rotatable bonds is 2. The number of ketones is 1. The molecule has 2 aromatic rings. The van der Waals surface area contributed by atoms with E-state index in [1.165, 1.54) is 0 Å². The predicted octanol–water partition coefficient (Wildman–Crippen LogP) is 4.20. The molecule has 2 rings (SSSR count). The van der Waals surface area contributed by atoms with Gasteiger partial charge >= 0.3 is 6.18 Å². The second-order valence-corrected chi connectivity index (χ2v) is 4.37. The van der Waals surface area contributed by atoms with Gasteiger partial charge in [-0.3, -0.25) is 4.79 Å². The van der Waals surface area contributed by atoms with Crippen LogP contribution in [0.15, 0.2) is 24.3 Å². The molecule has 23 heavy (non-hydrogen) atoms. The Balaban J connectivity index is 2.74. The molecule has 122 valence electrons. The number of phenolic OH excluding ortho intramolecular Hbond substituents is 1. The number of alkyl halides is 3. The van der Waals surface area contributed by atoms with Crippen molar-refractivity contribution in [1.82, 2.24) is 0 Å². The maximum absolute atomic E-state index is 13.6. The lowest BCUT2D eigenvalue weighted by molar-refractivity contribution is -0.138. The fourth-order valence-corrected chi connectivity index (χ4v) is 1.87. The maximum Gasteiger partial charge on any atom is 0.417 e. The van der Waals surface area contributed by atoms with Crippen LogP contribution in [0.25, 0.3) is 0 Å². The van der Waals surface area contributed by atoms with Crippen LogP contribution in [-0.4, -0.2) is 10.9 Å². The highest BCUT2D eigenvalue weighted by Gasteiger charge is 2.38. The number of carbonyl (C=O) groups excluding carboxylic acids is 1. The third-order valence-electron chi connectivity index (χ3n) is 2.94. The van der Waals surface area contributed by atoms with E-state index in [1.807, 2.05) is 0 Å². The molecule has 0 aliphatic carbocycles. The van der Waals surface area contributed by atoms with Crippen LogP contribution in [0.1, 0.15) is 21.5 Å². The summed E-state index contributed by atoms with van der Waals surface area (Å²) in [5.41, 5.74) is -4.62. The van der Waals surface area contributed by atoms with Crippen LogP contribution in [0.5, 0.6) is 5.75 Å². The van der Waals surface area contributed by atoms with Crippen molar-refractivity contribution in [2.45, 2.75) is 6.18 Å². The SMILES string of the molecule is O=C(c1ccc(F)c(F)c1F)c1c(C(F)(F)F)ccc(F)c1O. The quantitative estimate of drug-likeness (QED) is 0.506. The van der Waals surface area contributed by atoms with E-state index in [-0.39, 0.29) is 12.1 Å². The average Bonchev–Trinajstić information content (AvgIpc) is 2.46. The molecule has 0 saturated carbocycles. The van der Waals surface area contributed by atoms with Crippen molar-refractivity contribution in [1.29, 1.82) is 0 Å². The Morgan fingerprint density at radius 2 is 1.43 bits per heavy atom. The van der Waals surface area contributed by atoms with Gasteiger partial charge in [0.15, 0.2) is 29.0 Å². The van der Waals surface area contributed by atoms with Crippen molar-refractivity contribution in [2.24, 2.45) is 0 Å². The van der Waals surface area contributed by atoms with Crippen molar-refractivity contribution in [3.8, 4) is 5.75 Å². The van der Waals surface area contributed by atoms with Gasteiger partial charge in [-0.05, 0) is 24.3 Å². The van der Waals surface area contributed by atoms with Crippen LogP contribution in [0.2, 0.25) is 0 Å². The molecule has 0 aromatic heterocycles. The van der Waals surface area contributed by atoms with Gasteiger partial charge < -0.3 is 5.11 Å². The summed E-state index contributed by atoms with van der Waals surface area (Å²) in [6.45, 7) is 0. The van der Waals surface area contributed by atoms with Crippen LogP contribution < -0.4 is 0 Å². The van der Waals surface area contributed by atoms with Gasteiger partial charge in [0.1, 0.15) is 0 Å². The van der Waals surface area contributed by atoms with Gasteiger partial charge in [0.25, 0.3) is 0 Å².